The molecule has 4 heteroatoms. The Labute approximate surface area is 275 Å². The number of carbonyl (C=O) groups excluding carboxylic acids is 2. The third kappa shape index (κ3) is 24.0. The van der Waals surface area contributed by atoms with Crippen LogP contribution in [0.3, 0.4) is 0 Å². The van der Waals surface area contributed by atoms with Crippen LogP contribution >= 0.6 is 0 Å². The van der Waals surface area contributed by atoms with Crippen LogP contribution in [0.2, 0.25) is 0 Å². The normalized spacial score (nSPS) is 12.2. The van der Waals surface area contributed by atoms with Crippen molar-refractivity contribution in [2.45, 2.75) is 201 Å². The van der Waals surface area contributed by atoms with Crippen LogP contribution in [0.25, 0.3) is 0 Å². The Balaban J connectivity index is 4.02. The fourth-order valence-electron chi connectivity index (χ4n) is 6.19. The van der Waals surface area contributed by atoms with Crippen molar-refractivity contribution in [1.82, 2.24) is 0 Å². The molecule has 0 unspecified atom stereocenters. The van der Waals surface area contributed by atoms with Gasteiger partial charge in [-0.1, -0.05) is 141 Å². The maximum absolute atomic E-state index is 13.2. The number of amides is 2. The summed E-state index contributed by atoms with van der Waals surface area (Å²) in [6.45, 7) is 7.01. The summed E-state index contributed by atoms with van der Waals surface area (Å²) in [7, 11) is 0. The first kappa shape index (κ1) is 42.7. The molecular formula is C40H76NO3+. The van der Waals surface area contributed by atoms with Crippen LogP contribution in [0.15, 0.2) is 24.3 Å². The van der Waals surface area contributed by atoms with Crippen LogP contribution < -0.4 is 0 Å². The van der Waals surface area contributed by atoms with Crippen LogP contribution in [0.4, 0.5) is 0 Å². The van der Waals surface area contributed by atoms with Crippen molar-refractivity contribution in [2.24, 2.45) is 0 Å². The Hall–Kier alpha value is -1.26. The van der Waals surface area contributed by atoms with E-state index in [0.29, 0.717) is 19.4 Å². The smallest absolute Gasteiger partial charge is 0.321 e. The highest BCUT2D eigenvalue weighted by Gasteiger charge is 2.41. The summed E-state index contributed by atoms with van der Waals surface area (Å²) >= 11 is 0. The zero-order valence-corrected chi connectivity index (χ0v) is 29.9. The molecule has 258 valence electrons. The number of aliphatic hydroxyl groups is 1. The molecule has 0 bridgehead atoms. The van der Waals surface area contributed by atoms with E-state index in [1.807, 2.05) is 6.92 Å². The Morgan fingerprint density at radius 3 is 1.05 bits per heavy atom. The molecule has 0 radical (unpaired) electrons. The van der Waals surface area contributed by atoms with Gasteiger partial charge < -0.3 is 5.11 Å². The number of hydrogen-bond acceptors (Lipinski definition) is 3. The second-order valence-corrected chi connectivity index (χ2v) is 13.2. The van der Waals surface area contributed by atoms with E-state index in [0.717, 1.165) is 51.4 Å². The van der Waals surface area contributed by atoms with Gasteiger partial charge in [0, 0.05) is 0 Å². The van der Waals surface area contributed by atoms with Gasteiger partial charge in [-0.3, -0.25) is 0 Å². The highest BCUT2D eigenvalue weighted by Crippen LogP contribution is 2.19. The summed E-state index contributed by atoms with van der Waals surface area (Å²) in [5, 5.41) is 9.71. The zero-order valence-electron chi connectivity index (χ0n) is 29.9. The van der Waals surface area contributed by atoms with Gasteiger partial charge in [0.25, 0.3) is 0 Å². The molecular weight excluding hydrogens is 542 g/mol. The molecule has 0 spiro atoms. The van der Waals surface area contributed by atoms with E-state index in [1.54, 1.807) is 0 Å². The first-order chi connectivity index (χ1) is 21.6. The van der Waals surface area contributed by atoms with Crippen LogP contribution in [-0.2, 0) is 9.59 Å². The van der Waals surface area contributed by atoms with Crippen molar-refractivity contribution in [3.63, 3.8) is 0 Å². The van der Waals surface area contributed by atoms with Crippen molar-refractivity contribution in [3.05, 3.63) is 24.3 Å². The number of aliphatic hydroxyl groups excluding tert-OH is 1. The van der Waals surface area contributed by atoms with Gasteiger partial charge in [0.15, 0.2) is 0 Å². The predicted octanol–water partition coefficient (Wildman–Crippen LogP) is 11.9. The van der Waals surface area contributed by atoms with Gasteiger partial charge in [-0.05, 0) is 71.1 Å². The van der Waals surface area contributed by atoms with Crippen LogP contribution in [0.1, 0.15) is 201 Å². The average Bonchev–Trinajstić information content (AvgIpc) is 3.03. The van der Waals surface area contributed by atoms with Crippen molar-refractivity contribution < 1.29 is 19.2 Å². The highest BCUT2D eigenvalue weighted by molar-refractivity contribution is 5.84. The van der Waals surface area contributed by atoms with E-state index in [4.69, 9.17) is 0 Å². The quantitative estimate of drug-likeness (QED) is 0.0452. The Morgan fingerprint density at radius 2 is 0.750 bits per heavy atom. The summed E-state index contributed by atoms with van der Waals surface area (Å²) in [5.41, 5.74) is 0. The molecule has 0 aromatic carbocycles. The lowest BCUT2D eigenvalue weighted by Gasteiger charge is -2.32. The Bertz CT molecular complexity index is 647. The summed E-state index contributed by atoms with van der Waals surface area (Å²) in [6, 6.07) is 0. The standard InChI is InChI=1S/C40H76NO3/c1-4-7-9-11-13-15-17-19-21-23-25-27-29-31-33-35-39(43)41(6-3,37-38-42)40(44)36-34-32-30-28-26-24-22-20-18-16-14-12-10-8-5-2/h19-22,42H,4-18,23-38H2,1-3H3/q+1/b21-19+,22-20+. The number of likely N-dealkylation sites (N-methyl/N-ethyl adjacent to an activating group) is 1. The second-order valence-electron chi connectivity index (χ2n) is 13.2. The molecule has 1 N–H and O–H groups in total. The number of allylic oxidation sites excluding steroid dienone is 4. The van der Waals surface area contributed by atoms with Gasteiger partial charge in [0.05, 0.1) is 26.0 Å². The van der Waals surface area contributed by atoms with E-state index in [9.17, 15) is 14.7 Å². The molecule has 0 fully saturated rings. The number of hydrogen-bond donors (Lipinski definition) is 1. The minimum absolute atomic E-state index is 0.0110. The zero-order chi connectivity index (χ0) is 32.4. The summed E-state index contributed by atoms with van der Waals surface area (Å²) in [5.74, 6) is 0.0221. The Morgan fingerprint density at radius 1 is 0.455 bits per heavy atom. The monoisotopic (exact) mass is 619 g/mol. The van der Waals surface area contributed by atoms with Crippen LogP contribution in [-0.4, -0.2) is 41.1 Å². The van der Waals surface area contributed by atoms with Crippen molar-refractivity contribution in [1.29, 1.82) is 0 Å². The molecule has 0 saturated carbocycles. The highest BCUT2D eigenvalue weighted by atomic mass is 16.3. The lowest BCUT2D eigenvalue weighted by atomic mass is 10.1. The number of nitrogens with zero attached hydrogens (tertiary/aromatic N) is 1. The van der Waals surface area contributed by atoms with E-state index < -0.39 is 0 Å². The van der Waals surface area contributed by atoms with Crippen LogP contribution in [0, 0.1) is 0 Å². The number of carbonyl (C=O) groups is 2. The van der Waals surface area contributed by atoms with Gasteiger partial charge in [0.1, 0.15) is 6.54 Å². The summed E-state index contributed by atoms with van der Waals surface area (Å²) in [4.78, 5) is 26.5. The van der Waals surface area contributed by atoms with Gasteiger partial charge in [-0.2, -0.15) is 4.48 Å². The molecule has 0 heterocycles. The fourth-order valence-corrected chi connectivity index (χ4v) is 6.19. The topological polar surface area (TPSA) is 54.4 Å². The largest absolute Gasteiger partial charge is 0.390 e. The molecule has 44 heavy (non-hydrogen) atoms. The molecule has 0 aliphatic heterocycles. The molecule has 0 aromatic rings. The van der Waals surface area contributed by atoms with E-state index >= 15 is 0 Å². The molecule has 0 saturated heterocycles. The van der Waals surface area contributed by atoms with Gasteiger partial charge in [-0.15, -0.1) is 0 Å². The average molecular weight is 619 g/mol. The minimum atomic E-state index is -0.163. The molecule has 0 rings (SSSR count). The van der Waals surface area contributed by atoms with E-state index in [2.05, 4.69) is 38.2 Å². The molecule has 0 aliphatic carbocycles. The second kappa shape index (κ2) is 33.1. The fraction of sp³-hybridized carbons (Fsp3) is 0.850. The maximum atomic E-state index is 13.2. The summed E-state index contributed by atoms with van der Waals surface area (Å²) < 4.78 is -0.163. The van der Waals surface area contributed by atoms with Crippen molar-refractivity contribution >= 4 is 11.8 Å². The van der Waals surface area contributed by atoms with E-state index in [1.165, 1.54) is 116 Å². The molecule has 0 aliphatic rings. The predicted molar refractivity (Wildman–Crippen MR) is 192 cm³/mol. The molecule has 0 atom stereocenters. The van der Waals surface area contributed by atoms with Gasteiger partial charge in [0.2, 0.25) is 0 Å². The number of quaternary nitrogens is 1. The first-order valence-electron chi connectivity index (χ1n) is 19.4. The number of rotatable bonds is 33. The summed E-state index contributed by atoms with van der Waals surface area (Å²) in [6.07, 6.45) is 42.3. The van der Waals surface area contributed by atoms with Gasteiger partial charge in [-0.25, -0.2) is 9.59 Å². The number of unbranched alkanes of at least 4 members (excludes halogenated alkanes) is 22. The van der Waals surface area contributed by atoms with Gasteiger partial charge >= 0.3 is 11.8 Å². The molecule has 4 nitrogen and oxygen atoms in total. The first-order valence-corrected chi connectivity index (χ1v) is 19.4. The maximum Gasteiger partial charge on any atom is 0.321 e. The molecule has 0 aromatic heterocycles. The van der Waals surface area contributed by atoms with Crippen molar-refractivity contribution in [3.8, 4) is 0 Å². The lowest BCUT2D eigenvalue weighted by molar-refractivity contribution is -0.778. The third-order valence-electron chi connectivity index (χ3n) is 9.28. The van der Waals surface area contributed by atoms with E-state index in [-0.39, 0.29) is 29.4 Å². The van der Waals surface area contributed by atoms with Crippen LogP contribution in [0.5, 0.6) is 0 Å². The SMILES string of the molecule is CCCCCCCC/C=C/CCCCCCCC(=O)[N+](CC)(CCO)C(=O)CCCCCCC/C=C/CCCCCCCC. The van der Waals surface area contributed by atoms with Crippen molar-refractivity contribution in [2.75, 3.05) is 19.7 Å². The Kier molecular flexibility index (Phi) is 32.2. The molecule has 2 amide bonds. The number of imide groups is 1. The lowest BCUT2D eigenvalue weighted by Crippen LogP contribution is -2.58. The minimum Gasteiger partial charge on any atom is -0.390 e. The third-order valence-corrected chi connectivity index (χ3v) is 9.28.